The fraction of sp³-hybridized carbons (Fsp3) is 0.824. The second kappa shape index (κ2) is 8.06. The van der Waals surface area contributed by atoms with Crippen molar-refractivity contribution < 1.29 is 13.9 Å². The summed E-state index contributed by atoms with van der Waals surface area (Å²) in [5.41, 5.74) is 2.04. The number of ether oxygens (including phenoxy) is 1. The fourth-order valence-corrected chi connectivity index (χ4v) is 3.38. The first-order valence-electron chi connectivity index (χ1n) is 8.43. The summed E-state index contributed by atoms with van der Waals surface area (Å²) in [6.45, 7) is 8.87. The van der Waals surface area contributed by atoms with Gasteiger partial charge in [-0.05, 0) is 45.7 Å². The molecule has 1 saturated heterocycles. The van der Waals surface area contributed by atoms with Gasteiger partial charge in [-0.2, -0.15) is 0 Å². The van der Waals surface area contributed by atoms with Gasteiger partial charge in [0.2, 0.25) is 0 Å². The third-order valence-electron chi connectivity index (χ3n) is 4.83. The van der Waals surface area contributed by atoms with Crippen molar-refractivity contribution in [2.75, 3.05) is 46.4 Å². The molecule has 4 nitrogen and oxygen atoms in total. The van der Waals surface area contributed by atoms with Crippen LogP contribution in [0.3, 0.4) is 0 Å². The number of hydrogen-bond donors (Lipinski definition) is 0. The van der Waals surface area contributed by atoms with E-state index < -0.39 is 6.17 Å². The van der Waals surface area contributed by atoms with Crippen molar-refractivity contribution in [3.63, 3.8) is 0 Å². The van der Waals surface area contributed by atoms with Gasteiger partial charge in [-0.3, -0.25) is 9.69 Å². The summed E-state index contributed by atoms with van der Waals surface area (Å²) in [6, 6.07) is 0. The zero-order chi connectivity index (χ0) is 16.1. The van der Waals surface area contributed by atoms with Crippen LogP contribution in [0.4, 0.5) is 4.39 Å². The Morgan fingerprint density at radius 2 is 2.05 bits per heavy atom. The molecule has 0 aromatic rings. The van der Waals surface area contributed by atoms with Gasteiger partial charge in [0.25, 0.3) is 0 Å². The van der Waals surface area contributed by atoms with Gasteiger partial charge in [-0.1, -0.05) is 5.57 Å². The highest BCUT2D eigenvalue weighted by molar-refractivity contribution is 5.73. The quantitative estimate of drug-likeness (QED) is 0.576. The zero-order valence-corrected chi connectivity index (χ0v) is 14.1. The third-order valence-corrected chi connectivity index (χ3v) is 4.83. The van der Waals surface area contributed by atoms with E-state index in [-0.39, 0.29) is 11.9 Å². The highest BCUT2D eigenvalue weighted by atomic mass is 19.1. The van der Waals surface area contributed by atoms with Gasteiger partial charge in [-0.25, -0.2) is 4.39 Å². The number of nitrogens with zero attached hydrogens (tertiary/aromatic N) is 2. The number of esters is 1. The van der Waals surface area contributed by atoms with Crippen LogP contribution >= 0.6 is 0 Å². The standard InChI is InChI=1S/C17H29FN2O2/c1-4-22-17(21)14-5-6-15(16(11-14)13(2)18)12-20-9-7-19(3)8-10-20/h13-14H,4-12H2,1-3H3/t13?,14-/m1/s1. The van der Waals surface area contributed by atoms with Crippen LogP contribution in [-0.4, -0.2) is 68.3 Å². The molecule has 0 saturated carbocycles. The normalized spacial score (nSPS) is 26.1. The van der Waals surface area contributed by atoms with Gasteiger partial charge in [0.15, 0.2) is 0 Å². The Labute approximate surface area is 133 Å². The predicted molar refractivity (Wildman–Crippen MR) is 85.5 cm³/mol. The number of carbonyl (C=O) groups excluding carboxylic acids is 1. The molecule has 1 fully saturated rings. The Morgan fingerprint density at radius 1 is 1.36 bits per heavy atom. The largest absolute Gasteiger partial charge is 0.466 e. The summed E-state index contributed by atoms with van der Waals surface area (Å²) in [5, 5.41) is 0. The lowest BCUT2D eigenvalue weighted by atomic mass is 9.82. The highest BCUT2D eigenvalue weighted by Crippen LogP contribution is 2.33. The number of allylic oxidation sites excluding steroid dienone is 1. The van der Waals surface area contributed by atoms with Gasteiger partial charge in [0, 0.05) is 32.7 Å². The molecule has 0 amide bonds. The molecule has 22 heavy (non-hydrogen) atoms. The fourth-order valence-electron chi connectivity index (χ4n) is 3.38. The number of hydrogen-bond acceptors (Lipinski definition) is 4. The van der Waals surface area contributed by atoms with Crippen molar-refractivity contribution >= 4 is 5.97 Å². The maximum atomic E-state index is 14.0. The van der Waals surface area contributed by atoms with Crippen molar-refractivity contribution in [1.82, 2.24) is 9.80 Å². The lowest BCUT2D eigenvalue weighted by Crippen LogP contribution is -2.45. The average molecular weight is 312 g/mol. The van der Waals surface area contributed by atoms with E-state index in [1.165, 1.54) is 5.57 Å². The molecule has 0 aromatic heterocycles. The molecule has 5 heteroatoms. The number of rotatable bonds is 5. The first kappa shape index (κ1) is 17.4. The number of halogens is 1. The molecule has 1 heterocycles. The molecule has 0 bridgehead atoms. The first-order chi connectivity index (χ1) is 10.5. The summed E-state index contributed by atoms with van der Waals surface area (Å²) in [4.78, 5) is 16.6. The van der Waals surface area contributed by atoms with E-state index in [9.17, 15) is 9.18 Å². The molecule has 0 N–H and O–H groups in total. The van der Waals surface area contributed by atoms with Gasteiger partial charge >= 0.3 is 5.97 Å². The number of piperazine rings is 1. The van der Waals surface area contributed by atoms with E-state index in [4.69, 9.17) is 4.74 Å². The van der Waals surface area contributed by atoms with E-state index in [1.807, 2.05) is 6.92 Å². The van der Waals surface area contributed by atoms with Gasteiger partial charge in [-0.15, -0.1) is 0 Å². The Balaban J connectivity index is 2.01. The minimum atomic E-state index is -0.973. The Hall–Kier alpha value is -0.940. The van der Waals surface area contributed by atoms with Gasteiger partial charge in [0.1, 0.15) is 6.17 Å². The lowest BCUT2D eigenvalue weighted by molar-refractivity contribution is -0.148. The summed E-state index contributed by atoms with van der Waals surface area (Å²) in [6.07, 6.45) is 1.16. The first-order valence-corrected chi connectivity index (χ1v) is 8.43. The maximum absolute atomic E-state index is 14.0. The minimum absolute atomic E-state index is 0.163. The summed E-state index contributed by atoms with van der Waals surface area (Å²) < 4.78 is 19.1. The summed E-state index contributed by atoms with van der Waals surface area (Å²) in [7, 11) is 2.14. The topological polar surface area (TPSA) is 32.8 Å². The Morgan fingerprint density at radius 3 is 2.64 bits per heavy atom. The monoisotopic (exact) mass is 312 g/mol. The lowest BCUT2D eigenvalue weighted by Gasteiger charge is -2.35. The SMILES string of the molecule is CCOC(=O)[C@@H]1CCC(CN2CCN(C)CC2)=C(C(C)F)C1. The molecule has 126 valence electrons. The molecule has 1 aliphatic carbocycles. The molecule has 2 aliphatic rings. The molecular weight excluding hydrogens is 283 g/mol. The highest BCUT2D eigenvalue weighted by Gasteiger charge is 2.30. The van der Waals surface area contributed by atoms with Crippen molar-refractivity contribution in [3.05, 3.63) is 11.1 Å². The molecule has 2 atom stereocenters. The zero-order valence-electron chi connectivity index (χ0n) is 14.1. The predicted octanol–water partition coefficient (Wildman–Crippen LogP) is 2.25. The van der Waals surface area contributed by atoms with E-state index in [2.05, 4.69) is 16.8 Å². The summed E-state index contributed by atoms with van der Waals surface area (Å²) >= 11 is 0. The molecule has 0 aromatic carbocycles. The van der Waals surface area contributed by atoms with Crippen molar-refractivity contribution in [3.8, 4) is 0 Å². The van der Waals surface area contributed by atoms with Crippen molar-refractivity contribution in [2.24, 2.45) is 5.92 Å². The summed E-state index contributed by atoms with van der Waals surface area (Å²) in [5.74, 6) is -0.330. The van der Waals surface area contributed by atoms with E-state index in [0.29, 0.717) is 13.0 Å². The van der Waals surface area contributed by atoms with Crippen LogP contribution < -0.4 is 0 Å². The molecule has 1 unspecified atom stereocenters. The van der Waals surface area contributed by atoms with Gasteiger partial charge < -0.3 is 9.64 Å². The molecular formula is C17H29FN2O2. The number of likely N-dealkylation sites (N-methyl/N-ethyl adjacent to an activating group) is 1. The number of carbonyl (C=O) groups is 1. The smallest absolute Gasteiger partial charge is 0.309 e. The number of alkyl halides is 1. The Bertz CT molecular complexity index is 415. The maximum Gasteiger partial charge on any atom is 0.309 e. The Kier molecular flexibility index (Phi) is 6.38. The molecule has 1 aliphatic heterocycles. The van der Waals surface area contributed by atoms with Gasteiger partial charge in [0.05, 0.1) is 12.5 Å². The van der Waals surface area contributed by atoms with Crippen molar-refractivity contribution in [2.45, 2.75) is 39.3 Å². The molecule has 2 rings (SSSR count). The molecule has 0 radical (unpaired) electrons. The van der Waals surface area contributed by atoms with Crippen molar-refractivity contribution in [1.29, 1.82) is 0 Å². The van der Waals surface area contributed by atoms with E-state index in [1.54, 1.807) is 6.92 Å². The minimum Gasteiger partial charge on any atom is -0.466 e. The second-order valence-corrected chi connectivity index (χ2v) is 6.52. The van der Waals surface area contributed by atoms with Crippen LogP contribution in [-0.2, 0) is 9.53 Å². The average Bonchev–Trinajstić information content (AvgIpc) is 2.50. The van der Waals surface area contributed by atoms with Crippen LogP contribution in [0.15, 0.2) is 11.1 Å². The van der Waals surface area contributed by atoms with E-state index >= 15 is 0 Å². The van der Waals surface area contributed by atoms with Crippen LogP contribution in [0.25, 0.3) is 0 Å². The second-order valence-electron chi connectivity index (χ2n) is 6.52. The van der Waals surface area contributed by atoms with Crippen LogP contribution in [0.2, 0.25) is 0 Å². The van der Waals surface area contributed by atoms with Crippen LogP contribution in [0.5, 0.6) is 0 Å². The molecule has 0 spiro atoms. The van der Waals surface area contributed by atoms with Crippen LogP contribution in [0.1, 0.15) is 33.1 Å². The van der Waals surface area contributed by atoms with Crippen LogP contribution in [0, 0.1) is 5.92 Å². The van der Waals surface area contributed by atoms with E-state index in [0.717, 1.165) is 51.1 Å². The third kappa shape index (κ3) is 4.53.